The normalized spacial score (nSPS) is 14.4. The molecule has 0 saturated heterocycles. The van der Waals surface area contributed by atoms with E-state index in [1.165, 1.54) is 186 Å². The molecule has 0 spiro atoms. The molecule has 17 nitrogen and oxygen atoms in total. The molecule has 0 aliphatic carbocycles. The number of ether oxygens (including phenoxy) is 4. The molecule has 95 heavy (non-hydrogen) atoms. The van der Waals surface area contributed by atoms with Crippen molar-refractivity contribution in [2.24, 2.45) is 23.7 Å². The van der Waals surface area contributed by atoms with Gasteiger partial charge in [-0.25, -0.2) is 9.13 Å². The van der Waals surface area contributed by atoms with Crippen molar-refractivity contribution in [1.82, 2.24) is 0 Å². The molecule has 0 aromatic rings. The summed E-state index contributed by atoms with van der Waals surface area (Å²) in [6, 6.07) is 0. The Hall–Kier alpha value is -1.94. The number of carbonyl (C=O) groups excluding carboxylic acids is 4. The molecule has 564 valence electrons. The number of carbonyl (C=O) groups is 4. The van der Waals surface area contributed by atoms with Gasteiger partial charge in [0.15, 0.2) is 12.2 Å². The van der Waals surface area contributed by atoms with E-state index in [0.717, 1.165) is 114 Å². The Balaban J connectivity index is 5.20. The molecule has 0 aliphatic rings. The Morgan fingerprint density at radius 3 is 0.747 bits per heavy atom. The largest absolute Gasteiger partial charge is 0.472 e. The van der Waals surface area contributed by atoms with E-state index in [-0.39, 0.29) is 25.7 Å². The van der Waals surface area contributed by atoms with Crippen LogP contribution in [0.15, 0.2) is 0 Å². The molecule has 0 bridgehead atoms. The van der Waals surface area contributed by atoms with Crippen LogP contribution in [0.2, 0.25) is 0 Å². The lowest BCUT2D eigenvalue weighted by Crippen LogP contribution is -2.30. The molecule has 4 unspecified atom stereocenters. The number of aliphatic hydroxyl groups excluding tert-OH is 1. The second-order valence-corrected chi connectivity index (χ2v) is 32.0. The van der Waals surface area contributed by atoms with Gasteiger partial charge in [0, 0.05) is 25.7 Å². The third-order valence-electron chi connectivity index (χ3n) is 17.9. The Morgan fingerprint density at radius 2 is 0.505 bits per heavy atom. The van der Waals surface area contributed by atoms with Crippen molar-refractivity contribution in [2.75, 3.05) is 39.6 Å². The first-order valence-corrected chi connectivity index (χ1v) is 42.2. The van der Waals surface area contributed by atoms with Crippen LogP contribution < -0.4 is 0 Å². The van der Waals surface area contributed by atoms with Crippen molar-refractivity contribution < 1.29 is 80.2 Å². The molecule has 0 fully saturated rings. The molecule has 0 aromatic carbocycles. The van der Waals surface area contributed by atoms with Crippen LogP contribution in [0.5, 0.6) is 0 Å². The molecule has 19 heteroatoms. The zero-order valence-corrected chi connectivity index (χ0v) is 64.1. The maximum absolute atomic E-state index is 13.1. The quantitative estimate of drug-likeness (QED) is 0.0222. The van der Waals surface area contributed by atoms with Crippen molar-refractivity contribution in [2.45, 2.75) is 401 Å². The van der Waals surface area contributed by atoms with E-state index >= 15 is 0 Å². The summed E-state index contributed by atoms with van der Waals surface area (Å²) in [7, 11) is -9.91. The lowest BCUT2D eigenvalue weighted by molar-refractivity contribution is -0.161. The van der Waals surface area contributed by atoms with E-state index in [1.807, 2.05) is 0 Å². The van der Waals surface area contributed by atoms with Crippen LogP contribution >= 0.6 is 15.6 Å². The molecule has 6 atom stereocenters. The highest BCUT2D eigenvalue weighted by Gasteiger charge is 2.30. The van der Waals surface area contributed by atoms with Crippen LogP contribution in [0.3, 0.4) is 0 Å². The number of unbranched alkanes of at least 4 members (excludes halogenated alkanes) is 38. The van der Waals surface area contributed by atoms with Crippen LogP contribution in [0, 0.1) is 23.7 Å². The molecule has 0 amide bonds. The Kier molecular flexibility index (Phi) is 64.0. The lowest BCUT2D eigenvalue weighted by Gasteiger charge is -2.21. The van der Waals surface area contributed by atoms with E-state index in [9.17, 15) is 43.2 Å². The average Bonchev–Trinajstić information content (AvgIpc) is 1.64. The van der Waals surface area contributed by atoms with E-state index in [0.29, 0.717) is 25.7 Å². The zero-order valence-electron chi connectivity index (χ0n) is 62.3. The Labute approximate surface area is 581 Å². The number of hydrogen-bond acceptors (Lipinski definition) is 15. The van der Waals surface area contributed by atoms with Gasteiger partial charge in [0.05, 0.1) is 26.4 Å². The molecule has 0 saturated carbocycles. The van der Waals surface area contributed by atoms with Crippen LogP contribution in [-0.2, 0) is 65.4 Å². The lowest BCUT2D eigenvalue weighted by atomic mass is 10.00. The van der Waals surface area contributed by atoms with Gasteiger partial charge < -0.3 is 33.8 Å². The summed E-state index contributed by atoms with van der Waals surface area (Å²) in [6.45, 7) is 14.1. The highest BCUT2D eigenvalue weighted by atomic mass is 31.2. The van der Waals surface area contributed by atoms with Crippen LogP contribution in [0.4, 0.5) is 0 Å². The number of phosphoric ester groups is 2. The molecule has 3 N–H and O–H groups in total. The SMILES string of the molecule is CCC(C)CCCCCCCCC(=O)O[C@H](COC(=O)CCCCCCCCCCC(C)C)COP(=O)(O)OCC(O)COP(=O)(O)OC[C@@H](COC(=O)CCCCCCCCCCCCC(C)C)OC(=O)CCCCCCCCCCCCCCCCCCCCC(C)C. The second-order valence-electron chi connectivity index (χ2n) is 29.1. The van der Waals surface area contributed by atoms with Crippen molar-refractivity contribution >= 4 is 39.5 Å². The number of aliphatic hydroxyl groups is 1. The zero-order chi connectivity index (χ0) is 70.3. The maximum Gasteiger partial charge on any atom is 0.472 e. The molecule has 0 rings (SSSR count). The molecular weight excluding hydrogens is 1250 g/mol. The third kappa shape index (κ3) is 69.0. The average molecular weight is 1400 g/mol. The van der Waals surface area contributed by atoms with Gasteiger partial charge in [0.2, 0.25) is 0 Å². The first kappa shape index (κ1) is 93.1. The van der Waals surface area contributed by atoms with Crippen LogP contribution in [-0.4, -0.2) is 96.7 Å². The van der Waals surface area contributed by atoms with E-state index in [4.69, 9.17) is 37.0 Å². The summed E-state index contributed by atoms with van der Waals surface area (Å²) >= 11 is 0. The van der Waals surface area contributed by atoms with Gasteiger partial charge in [-0.3, -0.25) is 37.3 Å². The number of hydrogen-bond donors (Lipinski definition) is 3. The molecular formula is C76H148O17P2. The van der Waals surface area contributed by atoms with Gasteiger partial charge in [-0.1, -0.05) is 331 Å². The second kappa shape index (κ2) is 65.4. The van der Waals surface area contributed by atoms with Gasteiger partial charge in [-0.15, -0.1) is 0 Å². The molecule has 0 heterocycles. The van der Waals surface area contributed by atoms with Crippen LogP contribution in [0.25, 0.3) is 0 Å². The smallest absolute Gasteiger partial charge is 0.462 e. The van der Waals surface area contributed by atoms with Gasteiger partial charge in [0.25, 0.3) is 0 Å². The first-order chi connectivity index (χ1) is 45.6. The maximum atomic E-state index is 13.1. The van der Waals surface area contributed by atoms with Crippen molar-refractivity contribution in [3.63, 3.8) is 0 Å². The molecule has 0 aromatic heterocycles. The minimum Gasteiger partial charge on any atom is -0.462 e. The van der Waals surface area contributed by atoms with E-state index in [1.54, 1.807) is 0 Å². The Bertz CT molecular complexity index is 1870. The van der Waals surface area contributed by atoms with Gasteiger partial charge in [-0.2, -0.15) is 0 Å². The minimum atomic E-state index is -4.96. The minimum absolute atomic E-state index is 0.102. The topological polar surface area (TPSA) is 237 Å². The fraction of sp³-hybridized carbons (Fsp3) is 0.947. The monoisotopic (exact) mass is 1400 g/mol. The summed E-state index contributed by atoms with van der Waals surface area (Å²) < 4.78 is 68.5. The predicted octanol–water partition coefficient (Wildman–Crippen LogP) is 22.0. The summed E-state index contributed by atoms with van der Waals surface area (Å²) in [4.78, 5) is 72.7. The molecule has 0 aliphatic heterocycles. The Morgan fingerprint density at radius 1 is 0.295 bits per heavy atom. The van der Waals surface area contributed by atoms with Gasteiger partial charge in [-0.05, 0) is 49.4 Å². The summed E-state index contributed by atoms with van der Waals surface area (Å²) in [5.41, 5.74) is 0. The van der Waals surface area contributed by atoms with Crippen molar-refractivity contribution in [3.8, 4) is 0 Å². The molecule has 0 radical (unpaired) electrons. The van der Waals surface area contributed by atoms with Gasteiger partial charge >= 0.3 is 39.5 Å². The first-order valence-electron chi connectivity index (χ1n) is 39.2. The summed E-state index contributed by atoms with van der Waals surface area (Å²) in [5.74, 6) is 0.900. The predicted molar refractivity (Wildman–Crippen MR) is 386 cm³/mol. The highest BCUT2D eigenvalue weighted by molar-refractivity contribution is 7.47. The fourth-order valence-electron chi connectivity index (χ4n) is 11.5. The third-order valence-corrected chi connectivity index (χ3v) is 19.8. The standard InChI is InChI=1S/C76H148O17P2/c1-9-69(8)55-47-39-34-35-43-51-59-76(81)93-72(63-87-74(79)57-49-41-32-27-26-30-38-46-54-68(6)7)65-91-95(84,85)89-61-70(77)60-88-94(82,83)90-64-71(62-86-73(78)56-48-40-31-24-21-20-23-29-37-45-53-67(4)5)92-75(80)58-50-42-33-25-19-17-15-13-11-10-12-14-16-18-22-28-36-44-52-66(2)3/h66-72,77H,9-65H2,1-8H3,(H,82,83)(H,84,85)/t69?,70?,71-,72-/m1/s1. The number of esters is 4. The summed E-state index contributed by atoms with van der Waals surface area (Å²) in [5, 5.41) is 10.6. The number of rotatable bonds is 73. The fourth-order valence-corrected chi connectivity index (χ4v) is 13.1. The number of phosphoric acid groups is 2. The van der Waals surface area contributed by atoms with Gasteiger partial charge in [0.1, 0.15) is 19.3 Å². The highest BCUT2D eigenvalue weighted by Crippen LogP contribution is 2.45. The summed E-state index contributed by atoms with van der Waals surface area (Å²) in [6.07, 6.45) is 50.2. The van der Waals surface area contributed by atoms with Crippen molar-refractivity contribution in [3.05, 3.63) is 0 Å². The van der Waals surface area contributed by atoms with Crippen molar-refractivity contribution in [1.29, 1.82) is 0 Å². The van der Waals surface area contributed by atoms with E-state index < -0.39 is 97.5 Å². The van der Waals surface area contributed by atoms with Crippen LogP contribution in [0.1, 0.15) is 383 Å². The van der Waals surface area contributed by atoms with E-state index in [2.05, 4.69) is 55.4 Å².